The zero-order chi connectivity index (χ0) is 15.6. The summed E-state index contributed by atoms with van der Waals surface area (Å²) in [5.74, 6) is -0.532. The number of nitrogen functional groups attached to an aromatic ring is 1. The van der Waals surface area contributed by atoms with Crippen molar-refractivity contribution in [2.45, 2.75) is 0 Å². The first kappa shape index (κ1) is 14.6. The van der Waals surface area contributed by atoms with Crippen LogP contribution in [-0.2, 0) is 0 Å². The summed E-state index contributed by atoms with van der Waals surface area (Å²) < 4.78 is 19.2. The van der Waals surface area contributed by atoms with Crippen molar-refractivity contribution < 1.29 is 13.9 Å². The lowest BCUT2D eigenvalue weighted by Gasteiger charge is -2.21. The highest BCUT2D eigenvalue weighted by Crippen LogP contribution is 2.30. The molecular formula is C15H16FN3O2. The van der Waals surface area contributed by atoms with Gasteiger partial charge in [-0.05, 0) is 36.4 Å². The Kier molecular flexibility index (Phi) is 3.98. The van der Waals surface area contributed by atoms with Crippen molar-refractivity contribution in [2.24, 2.45) is 5.73 Å². The topological polar surface area (TPSA) is 81.6 Å². The fourth-order valence-electron chi connectivity index (χ4n) is 1.99. The number of halogens is 1. The number of carbonyl (C=O) groups excluding carboxylic acids is 1. The van der Waals surface area contributed by atoms with Crippen LogP contribution in [0.15, 0.2) is 36.4 Å². The molecule has 21 heavy (non-hydrogen) atoms. The minimum Gasteiger partial charge on any atom is -0.497 e. The first-order valence-corrected chi connectivity index (χ1v) is 6.20. The van der Waals surface area contributed by atoms with Gasteiger partial charge in [0.2, 0.25) is 0 Å². The van der Waals surface area contributed by atoms with Gasteiger partial charge >= 0.3 is 0 Å². The van der Waals surface area contributed by atoms with Gasteiger partial charge in [0.25, 0.3) is 5.91 Å². The fraction of sp³-hybridized carbons (Fsp3) is 0.133. The second kappa shape index (κ2) is 5.70. The predicted molar refractivity (Wildman–Crippen MR) is 80.4 cm³/mol. The zero-order valence-electron chi connectivity index (χ0n) is 11.8. The Balaban J connectivity index is 2.44. The van der Waals surface area contributed by atoms with E-state index in [0.717, 1.165) is 11.8 Å². The molecule has 0 heterocycles. The third kappa shape index (κ3) is 2.89. The van der Waals surface area contributed by atoms with Crippen molar-refractivity contribution in [3.05, 3.63) is 47.8 Å². The van der Waals surface area contributed by atoms with E-state index in [1.165, 1.54) is 6.07 Å². The number of nitrogens with two attached hydrogens (primary N) is 2. The monoisotopic (exact) mass is 289 g/mol. The molecule has 0 saturated carbocycles. The molecule has 0 radical (unpaired) electrons. The first-order valence-electron chi connectivity index (χ1n) is 6.20. The Hall–Kier alpha value is -2.76. The first-order chi connectivity index (χ1) is 9.93. The average Bonchev–Trinajstić information content (AvgIpc) is 2.46. The minimum absolute atomic E-state index is 0.0203. The Morgan fingerprint density at radius 1 is 1.24 bits per heavy atom. The lowest BCUT2D eigenvalue weighted by molar-refractivity contribution is 0.100. The van der Waals surface area contributed by atoms with Crippen molar-refractivity contribution in [2.75, 3.05) is 24.8 Å². The number of methoxy groups -OCH3 is 1. The van der Waals surface area contributed by atoms with Crippen molar-refractivity contribution in [3.8, 4) is 5.75 Å². The molecule has 0 aliphatic heterocycles. The molecule has 2 rings (SSSR count). The van der Waals surface area contributed by atoms with E-state index in [0.29, 0.717) is 5.75 Å². The molecule has 0 saturated heterocycles. The van der Waals surface area contributed by atoms with Crippen molar-refractivity contribution in [3.63, 3.8) is 0 Å². The minimum atomic E-state index is -0.697. The Morgan fingerprint density at radius 3 is 2.38 bits per heavy atom. The van der Waals surface area contributed by atoms with Crippen LogP contribution in [0.25, 0.3) is 0 Å². The molecule has 2 aromatic rings. The summed E-state index contributed by atoms with van der Waals surface area (Å²) in [6.45, 7) is 0. The van der Waals surface area contributed by atoms with Gasteiger partial charge in [-0.2, -0.15) is 0 Å². The van der Waals surface area contributed by atoms with E-state index < -0.39 is 11.7 Å². The van der Waals surface area contributed by atoms with Crippen molar-refractivity contribution in [1.29, 1.82) is 0 Å². The molecule has 5 nitrogen and oxygen atoms in total. The second-order valence-corrected chi connectivity index (χ2v) is 4.51. The molecule has 0 aromatic heterocycles. The van der Waals surface area contributed by atoms with E-state index in [2.05, 4.69) is 0 Å². The number of carbonyl (C=O) groups is 1. The molecule has 110 valence electrons. The quantitative estimate of drug-likeness (QED) is 0.846. The molecule has 6 heteroatoms. The number of nitrogens with zero attached hydrogens (tertiary/aromatic N) is 1. The third-order valence-corrected chi connectivity index (χ3v) is 3.21. The van der Waals surface area contributed by atoms with Gasteiger partial charge < -0.3 is 21.1 Å². The molecule has 0 aliphatic rings. The Bertz CT molecular complexity index is 671. The maximum atomic E-state index is 14.1. The number of ether oxygens (including phenoxy) is 1. The van der Waals surface area contributed by atoms with Crippen LogP contribution < -0.4 is 21.1 Å². The summed E-state index contributed by atoms with van der Waals surface area (Å²) in [5, 5.41) is 0. The van der Waals surface area contributed by atoms with E-state index in [1.807, 2.05) is 0 Å². The number of hydrogen-bond acceptors (Lipinski definition) is 4. The lowest BCUT2D eigenvalue weighted by Crippen LogP contribution is -2.17. The van der Waals surface area contributed by atoms with E-state index >= 15 is 0 Å². The van der Waals surface area contributed by atoms with Crippen LogP contribution in [0.1, 0.15) is 10.4 Å². The molecule has 2 aromatic carbocycles. The summed E-state index contributed by atoms with van der Waals surface area (Å²) >= 11 is 0. The number of rotatable bonds is 4. The number of hydrogen-bond donors (Lipinski definition) is 2. The maximum absolute atomic E-state index is 14.1. The summed E-state index contributed by atoms with van der Waals surface area (Å²) in [4.78, 5) is 12.9. The van der Waals surface area contributed by atoms with Gasteiger partial charge in [-0.1, -0.05) is 0 Å². The van der Waals surface area contributed by atoms with Crippen LogP contribution in [0.2, 0.25) is 0 Å². The van der Waals surface area contributed by atoms with Gasteiger partial charge in [0, 0.05) is 18.4 Å². The van der Waals surface area contributed by atoms with Crippen LogP contribution in [0.3, 0.4) is 0 Å². The van der Waals surface area contributed by atoms with E-state index in [-0.39, 0.29) is 16.9 Å². The predicted octanol–water partition coefficient (Wildman–Crippen LogP) is 2.28. The third-order valence-electron chi connectivity index (χ3n) is 3.21. The van der Waals surface area contributed by atoms with Gasteiger partial charge in [-0.3, -0.25) is 4.79 Å². The highest BCUT2D eigenvalue weighted by atomic mass is 19.1. The maximum Gasteiger partial charge on any atom is 0.250 e. The molecular weight excluding hydrogens is 273 g/mol. The van der Waals surface area contributed by atoms with E-state index in [9.17, 15) is 9.18 Å². The normalized spacial score (nSPS) is 10.2. The smallest absolute Gasteiger partial charge is 0.250 e. The molecule has 0 aliphatic carbocycles. The molecule has 0 bridgehead atoms. The van der Waals surface area contributed by atoms with Gasteiger partial charge in [-0.25, -0.2) is 4.39 Å². The molecule has 0 unspecified atom stereocenters. The molecule has 0 spiro atoms. The van der Waals surface area contributed by atoms with Crippen LogP contribution in [-0.4, -0.2) is 20.1 Å². The fourth-order valence-corrected chi connectivity index (χ4v) is 1.99. The van der Waals surface area contributed by atoms with Gasteiger partial charge in [0.15, 0.2) is 0 Å². The standard InChI is InChI=1S/C15H16FN3O2/c1-19(9-3-5-10(21-2)6-4-9)14-7-11(15(18)20)13(17)8-12(14)16/h3-8H,17H2,1-2H3,(H2,18,20). The number of benzene rings is 2. The molecule has 4 N–H and O–H groups in total. The van der Waals surface area contributed by atoms with Gasteiger partial charge in [0.1, 0.15) is 11.6 Å². The Morgan fingerprint density at radius 2 is 1.86 bits per heavy atom. The number of amides is 1. The SMILES string of the molecule is COc1ccc(N(C)c2cc(C(N)=O)c(N)cc2F)cc1. The van der Waals surface area contributed by atoms with E-state index in [4.69, 9.17) is 16.2 Å². The van der Waals surface area contributed by atoms with Crippen molar-refractivity contribution >= 4 is 23.0 Å². The van der Waals surface area contributed by atoms with Gasteiger partial charge in [-0.15, -0.1) is 0 Å². The number of anilines is 3. The largest absolute Gasteiger partial charge is 0.497 e. The average molecular weight is 289 g/mol. The van der Waals surface area contributed by atoms with Crippen LogP contribution >= 0.6 is 0 Å². The lowest BCUT2D eigenvalue weighted by atomic mass is 10.1. The highest BCUT2D eigenvalue weighted by Gasteiger charge is 2.15. The van der Waals surface area contributed by atoms with Gasteiger partial charge in [0.05, 0.1) is 18.4 Å². The summed E-state index contributed by atoms with van der Waals surface area (Å²) in [5.41, 5.74) is 11.9. The van der Waals surface area contributed by atoms with Crippen molar-refractivity contribution in [1.82, 2.24) is 0 Å². The van der Waals surface area contributed by atoms with Crippen LogP contribution in [0.5, 0.6) is 5.75 Å². The molecule has 1 amide bonds. The number of primary amides is 1. The summed E-state index contributed by atoms with van der Waals surface area (Å²) in [6.07, 6.45) is 0. The summed E-state index contributed by atoms with van der Waals surface area (Å²) in [7, 11) is 3.25. The summed E-state index contributed by atoms with van der Waals surface area (Å²) in [6, 6.07) is 9.51. The van der Waals surface area contributed by atoms with Crippen LogP contribution in [0, 0.1) is 5.82 Å². The second-order valence-electron chi connectivity index (χ2n) is 4.51. The van der Waals surface area contributed by atoms with Crippen LogP contribution in [0.4, 0.5) is 21.5 Å². The zero-order valence-corrected chi connectivity index (χ0v) is 11.8. The molecule has 0 atom stereocenters. The molecule has 0 fully saturated rings. The highest BCUT2D eigenvalue weighted by molar-refractivity contribution is 5.99. The van der Waals surface area contributed by atoms with E-state index in [1.54, 1.807) is 43.3 Å². The Labute approximate surface area is 121 Å².